The van der Waals surface area contributed by atoms with Gasteiger partial charge in [-0.05, 0) is 37.8 Å². The molecule has 2 aliphatic rings. The van der Waals surface area contributed by atoms with Crippen LogP contribution >= 0.6 is 12.2 Å². The second kappa shape index (κ2) is 5.07. The third-order valence-electron chi connectivity index (χ3n) is 3.99. The highest BCUT2D eigenvalue weighted by Gasteiger charge is 2.33. The predicted octanol–water partition coefficient (Wildman–Crippen LogP) is 0.0558. The van der Waals surface area contributed by atoms with Crippen molar-refractivity contribution in [3.8, 4) is 0 Å². The van der Waals surface area contributed by atoms with Crippen LogP contribution in [0.1, 0.15) is 30.2 Å². The number of nitrogens with one attached hydrogen (secondary N) is 1. The van der Waals surface area contributed by atoms with Crippen LogP contribution in [0.5, 0.6) is 0 Å². The van der Waals surface area contributed by atoms with E-state index in [4.69, 9.17) is 18.0 Å². The maximum atomic E-state index is 11.8. The molecule has 0 spiro atoms. The highest BCUT2D eigenvalue weighted by Crippen LogP contribution is 2.29. The lowest BCUT2D eigenvalue weighted by molar-refractivity contribution is -0.132. The number of piperazine rings is 1. The van der Waals surface area contributed by atoms with E-state index < -0.39 is 6.04 Å². The lowest BCUT2D eigenvalue weighted by Gasteiger charge is -2.34. The Bertz CT molecular complexity index is 659. The minimum absolute atomic E-state index is 0.0777. The van der Waals surface area contributed by atoms with Gasteiger partial charge in [0, 0.05) is 5.69 Å². The van der Waals surface area contributed by atoms with Gasteiger partial charge in [0.2, 0.25) is 11.8 Å². The number of aromatic nitrogens is 1. The molecule has 1 aliphatic heterocycles. The van der Waals surface area contributed by atoms with Gasteiger partial charge in [-0.1, -0.05) is 12.2 Å². The maximum Gasteiger partial charge on any atom is 0.249 e. The molecule has 0 saturated carbocycles. The van der Waals surface area contributed by atoms with Crippen molar-refractivity contribution in [2.45, 2.75) is 32.2 Å². The number of rotatable bonds is 2. The summed E-state index contributed by atoms with van der Waals surface area (Å²) < 4.78 is 0. The summed E-state index contributed by atoms with van der Waals surface area (Å²) in [5, 5.41) is 2.32. The van der Waals surface area contributed by atoms with E-state index in [-0.39, 0.29) is 23.3 Å². The Kier molecular flexibility index (Phi) is 3.36. The molecule has 3 N–H and O–H groups in total. The van der Waals surface area contributed by atoms with Crippen molar-refractivity contribution in [3.05, 3.63) is 22.9 Å². The summed E-state index contributed by atoms with van der Waals surface area (Å²) in [5.41, 5.74) is 8.61. The molecule has 2 amide bonds. The minimum Gasteiger partial charge on any atom is -0.389 e. The molecule has 1 aromatic rings. The third-order valence-corrected chi connectivity index (χ3v) is 4.21. The SMILES string of the molecule is CC1C(=O)NC(=O)CN1c1nc2c(cc1C(N)=S)CCC2. The highest BCUT2D eigenvalue weighted by molar-refractivity contribution is 7.80. The largest absolute Gasteiger partial charge is 0.389 e. The van der Waals surface area contributed by atoms with Crippen LogP contribution in [0, 0.1) is 0 Å². The van der Waals surface area contributed by atoms with Crippen LogP contribution in [-0.2, 0) is 22.4 Å². The molecule has 110 valence electrons. The zero-order valence-electron chi connectivity index (χ0n) is 11.7. The van der Waals surface area contributed by atoms with E-state index in [9.17, 15) is 9.59 Å². The average Bonchev–Trinajstić information content (AvgIpc) is 2.88. The van der Waals surface area contributed by atoms with Crippen molar-refractivity contribution in [2.75, 3.05) is 11.4 Å². The number of hydrogen-bond acceptors (Lipinski definition) is 5. The van der Waals surface area contributed by atoms with Crippen molar-refractivity contribution in [3.63, 3.8) is 0 Å². The third kappa shape index (κ3) is 2.37. The van der Waals surface area contributed by atoms with E-state index in [2.05, 4.69) is 10.3 Å². The van der Waals surface area contributed by atoms with Gasteiger partial charge in [-0.3, -0.25) is 14.9 Å². The first kappa shape index (κ1) is 13.9. The van der Waals surface area contributed by atoms with Crippen LogP contribution in [0.2, 0.25) is 0 Å². The van der Waals surface area contributed by atoms with Crippen molar-refractivity contribution >= 4 is 34.8 Å². The molecule has 6 nitrogen and oxygen atoms in total. The summed E-state index contributed by atoms with van der Waals surface area (Å²) in [6.07, 6.45) is 2.92. The van der Waals surface area contributed by atoms with E-state index in [1.54, 1.807) is 11.8 Å². The quantitative estimate of drug-likeness (QED) is 0.593. The zero-order chi connectivity index (χ0) is 15.1. The molecule has 1 aromatic heterocycles. The fraction of sp³-hybridized carbons (Fsp3) is 0.429. The van der Waals surface area contributed by atoms with Crippen LogP contribution in [0.3, 0.4) is 0 Å². The Morgan fingerprint density at radius 3 is 2.95 bits per heavy atom. The summed E-state index contributed by atoms with van der Waals surface area (Å²) in [7, 11) is 0. The van der Waals surface area contributed by atoms with Crippen molar-refractivity contribution in [1.29, 1.82) is 0 Å². The summed E-state index contributed by atoms with van der Waals surface area (Å²) in [6.45, 7) is 1.81. The average molecular weight is 304 g/mol. The second-order valence-electron chi connectivity index (χ2n) is 5.40. The van der Waals surface area contributed by atoms with Gasteiger partial charge in [-0.25, -0.2) is 4.98 Å². The van der Waals surface area contributed by atoms with E-state index in [1.165, 1.54) is 0 Å². The molecule has 1 aliphatic carbocycles. The molecular weight excluding hydrogens is 288 g/mol. The topological polar surface area (TPSA) is 88.3 Å². The first-order chi connectivity index (χ1) is 9.97. The van der Waals surface area contributed by atoms with Crippen LogP contribution in [0.15, 0.2) is 6.07 Å². The van der Waals surface area contributed by atoms with Gasteiger partial charge in [-0.2, -0.15) is 0 Å². The Labute approximate surface area is 127 Å². The smallest absolute Gasteiger partial charge is 0.249 e. The first-order valence-electron chi connectivity index (χ1n) is 6.90. The standard InChI is InChI=1S/C14H16N4O2S/c1-7-14(20)17-11(19)6-18(7)13-9(12(15)21)5-8-3-2-4-10(8)16-13/h5,7H,2-4,6H2,1H3,(H2,15,21)(H,17,19,20). The van der Waals surface area contributed by atoms with E-state index in [0.717, 1.165) is 30.5 Å². The maximum absolute atomic E-state index is 11.8. The summed E-state index contributed by atoms with van der Waals surface area (Å²) >= 11 is 5.11. The van der Waals surface area contributed by atoms with E-state index in [1.807, 2.05) is 6.07 Å². The molecule has 0 radical (unpaired) electrons. The molecule has 0 aromatic carbocycles. The Morgan fingerprint density at radius 1 is 1.48 bits per heavy atom. The number of imide groups is 1. The van der Waals surface area contributed by atoms with Gasteiger partial charge in [0.25, 0.3) is 0 Å². The molecule has 7 heteroatoms. The van der Waals surface area contributed by atoms with Gasteiger partial charge in [0.05, 0.1) is 12.1 Å². The second-order valence-corrected chi connectivity index (χ2v) is 5.84. The van der Waals surface area contributed by atoms with Gasteiger partial charge in [0.1, 0.15) is 16.8 Å². The van der Waals surface area contributed by atoms with Gasteiger partial charge >= 0.3 is 0 Å². The molecule has 1 fully saturated rings. The predicted molar refractivity (Wildman–Crippen MR) is 82.1 cm³/mol. The van der Waals surface area contributed by atoms with Gasteiger partial charge in [0.15, 0.2) is 0 Å². The molecule has 3 rings (SSSR count). The van der Waals surface area contributed by atoms with Crippen LogP contribution < -0.4 is 16.0 Å². The van der Waals surface area contributed by atoms with Crippen molar-refractivity contribution < 1.29 is 9.59 Å². The number of pyridine rings is 1. The monoisotopic (exact) mass is 304 g/mol. The van der Waals surface area contributed by atoms with Gasteiger partial charge in [-0.15, -0.1) is 0 Å². The van der Waals surface area contributed by atoms with Gasteiger partial charge < -0.3 is 10.6 Å². The molecule has 1 atom stereocenters. The van der Waals surface area contributed by atoms with Crippen molar-refractivity contribution in [2.24, 2.45) is 5.73 Å². The van der Waals surface area contributed by atoms with Crippen LogP contribution in [0.4, 0.5) is 5.82 Å². The fourth-order valence-electron chi connectivity index (χ4n) is 2.83. The number of nitrogens with two attached hydrogens (primary N) is 1. The van der Waals surface area contributed by atoms with Crippen molar-refractivity contribution in [1.82, 2.24) is 10.3 Å². The number of anilines is 1. The molecule has 1 saturated heterocycles. The molecule has 1 unspecified atom stereocenters. The summed E-state index contributed by atoms with van der Waals surface area (Å²) in [6, 6.07) is 1.47. The minimum atomic E-state index is -0.484. The molecule has 2 heterocycles. The molecule has 0 bridgehead atoms. The number of amides is 2. The molecular formula is C14H16N4O2S. The highest BCUT2D eigenvalue weighted by atomic mass is 32.1. The lowest BCUT2D eigenvalue weighted by Crippen LogP contribution is -2.57. The number of hydrogen-bond donors (Lipinski definition) is 2. The number of aryl methyl sites for hydroxylation is 2. The van der Waals surface area contributed by atoms with E-state index >= 15 is 0 Å². The number of carbonyl (C=O) groups is 2. The Hall–Kier alpha value is -2.02. The van der Waals surface area contributed by atoms with Crippen LogP contribution in [-0.4, -0.2) is 34.4 Å². The first-order valence-corrected chi connectivity index (χ1v) is 7.31. The lowest BCUT2D eigenvalue weighted by atomic mass is 10.1. The molecule has 21 heavy (non-hydrogen) atoms. The van der Waals surface area contributed by atoms with Crippen LogP contribution in [0.25, 0.3) is 0 Å². The number of carbonyl (C=O) groups excluding carboxylic acids is 2. The zero-order valence-corrected chi connectivity index (χ0v) is 12.5. The Morgan fingerprint density at radius 2 is 2.24 bits per heavy atom. The fourth-order valence-corrected chi connectivity index (χ4v) is 2.98. The Balaban J connectivity index is 2.10. The summed E-state index contributed by atoms with van der Waals surface area (Å²) in [4.78, 5) is 30.0. The number of thiocarbonyl (C=S) groups is 1. The normalized spacial score (nSPS) is 21.2. The number of fused-ring (bicyclic) bond motifs is 1. The number of nitrogens with zero attached hydrogens (tertiary/aromatic N) is 2. The van der Waals surface area contributed by atoms with E-state index in [0.29, 0.717) is 11.4 Å². The summed E-state index contributed by atoms with van der Waals surface area (Å²) in [5.74, 6) is -0.129.